The Kier molecular flexibility index (Phi) is 3.88. The van der Waals surface area contributed by atoms with E-state index in [4.69, 9.17) is 9.47 Å². The molecule has 3 aromatic rings. The maximum Gasteiger partial charge on any atom is 0.264 e. The maximum absolute atomic E-state index is 13.0. The van der Waals surface area contributed by atoms with Gasteiger partial charge in [-0.05, 0) is 37.6 Å². The van der Waals surface area contributed by atoms with Crippen LogP contribution in [-0.2, 0) is 13.6 Å². The standard InChI is InChI=1S/C18H19N3O3S/c1-4-21(9-12-5-6-14-15(7-12)24-10-23-14)17(22)16-8-13-11(2)19-20(3)18(13)25-16/h5-8H,4,9-10H2,1-3H3. The summed E-state index contributed by atoms with van der Waals surface area (Å²) in [5, 5.41) is 5.44. The Labute approximate surface area is 149 Å². The normalized spacial score (nSPS) is 12.8. The van der Waals surface area contributed by atoms with Gasteiger partial charge in [0.15, 0.2) is 11.5 Å². The van der Waals surface area contributed by atoms with Crippen LogP contribution >= 0.6 is 11.3 Å². The van der Waals surface area contributed by atoms with Crippen LogP contribution in [0.4, 0.5) is 0 Å². The van der Waals surface area contributed by atoms with Gasteiger partial charge in [0, 0.05) is 25.5 Å². The number of fused-ring (bicyclic) bond motifs is 2. The fraction of sp³-hybridized carbons (Fsp3) is 0.333. The molecule has 3 heterocycles. The smallest absolute Gasteiger partial charge is 0.264 e. The topological polar surface area (TPSA) is 56.6 Å². The van der Waals surface area contributed by atoms with E-state index in [2.05, 4.69) is 5.10 Å². The highest BCUT2D eigenvalue weighted by molar-refractivity contribution is 7.20. The van der Waals surface area contributed by atoms with Crippen LogP contribution in [0.3, 0.4) is 0 Å². The van der Waals surface area contributed by atoms with E-state index >= 15 is 0 Å². The SMILES string of the molecule is CCN(Cc1ccc2c(c1)OCO2)C(=O)c1cc2c(C)nn(C)c2s1. The number of ether oxygens (including phenoxy) is 2. The summed E-state index contributed by atoms with van der Waals surface area (Å²) in [6.07, 6.45) is 0. The van der Waals surface area contributed by atoms with E-state index in [1.165, 1.54) is 11.3 Å². The Morgan fingerprint density at radius 2 is 2.12 bits per heavy atom. The van der Waals surface area contributed by atoms with E-state index in [1.807, 2.05) is 54.7 Å². The highest BCUT2D eigenvalue weighted by atomic mass is 32.1. The van der Waals surface area contributed by atoms with E-state index < -0.39 is 0 Å². The molecule has 130 valence electrons. The lowest BCUT2D eigenvalue weighted by atomic mass is 10.2. The molecule has 6 nitrogen and oxygen atoms in total. The molecule has 0 N–H and O–H groups in total. The van der Waals surface area contributed by atoms with Crippen LogP contribution in [0.5, 0.6) is 11.5 Å². The summed E-state index contributed by atoms with van der Waals surface area (Å²) in [4.78, 5) is 16.6. The monoisotopic (exact) mass is 357 g/mol. The van der Waals surface area contributed by atoms with Crippen molar-refractivity contribution in [2.75, 3.05) is 13.3 Å². The number of carbonyl (C=O) groups excluding carboxylic acids is 1. The minimum Gasteiger partial charge on any atom is -0.454 e. The van der Waals surface area contributed by atoms with Crippen molar-refractivity contribution in [1.29, 1.82) is 0 Å². The molecule has 1 aliphatic heterocycles. The van der Waals surface area contributed by atoms with Crippen LogP contribution in [0.1, 0.15) is 27.9 Å². The molecule has 1 aromatic carbocycles. The summed E-state index contributed by atoms with van der Waals surface area (Å²) >= 11 is 1.49. The van der Waals surface area contributed by atoms with Crippen LogP contribution in [0.2, 0.25) is 0 Å². The third-order valence-corrected chi connectivity index (χ3v) is 5.58. The van der Waals surface area contributed by atoms with Crippen LogP contribution in [0, 0.1) is 6.92 Å². The van der Waals surface area contributed by atoms with Gasteiger partial charge >= 0.3 is 0 Å². The first-order chi connectivity index (χ1) is 12.1. The van der Waals surface area contributed by atoms with Crippen molar-refractivity contribution in [2.45, 2.75) is 20.4 Å². The van der Waals surface area contributed by atoms with Crippen molar-refractivity contribution < 1.29 is 14.3 Å². The molecule has 4 rings (SSSR count). The number of carbonyl (C=O) groups is 1. The molecular formula is C18H19N3O3S. The zero-order valence-electron chi connectivity index (χ0n) is 14.4. The first-order valence-electron chi connectivity index (χ1n) is 8.17. The molecule has 1 aliphatic rings. The summed E-state index contributed by atoms with van der Waals surface area (Å²) in [6, 6.07) is 7.76. The summed E-state index contributed by atoms with van der Waals surface area (Å²) in [5.74, 6) is 1.54. The Hall–Kier alpha value is -2.54. The summed E-state index contributed by atoms with van der Waals surface area (Å²) in [6.45, 7) is 5.39. The minimum atomic E-state index is 0.0424. The third-order valence-electron chi connectivity index (χ3n) is 4.39. The number of thiophene rings is 1. The number of nitrogens with zero attached hydrogens (tertiary/aromatic N) is 3. The average Bonchev–Trinajstić information content (AvgIpc) is 3.29. The fourth-order valence-electron chi connectivity index (χ4n) is 3.05. The summed E-state index contributed by atoms with van der Waals surface area (Å²) in [5.41, 5.74) is 1.98. The van der Waals surface area contributed by atoms with Crippen molar-refractivity contribution in [3.8, 4) is 11.5 Å². The lowest BCUT2D eigenvalue weighted by Crippen LogP contribution is -2.29. The zero-order chi connectivity index (χ0) is 17.6. The number of amides is 1. The third kappa shape index (κ3) is 2.74. The van der Waals surface area contributed by atoms with Crippen LogP contribution in [0.25, 0.3) is 10.2 Å². The number of hydrogen-bond acceptors (Lipinski definition) is 5. The first-order valence-corrected chi connectivity index (χ1v) is 8.99. The Morgan fingerprint density at radius 3 is 2.88 bits per heavy atom. The molecule has 0 saturated carbocycles. The first kappa shape index (κ1) is 16.0. The molecule has 0 aliphatic carbocycles. The van der Waals surface area contributed by atoms with Crippen molar-refractivity contribution in [1.82, 2.24) is 14.7 Å². The van der Waals surface area contributed by atoms with Crippen LogP contribution in [-0.4, -0.2) is 33.9 Å². The number of rotatable bonds is 4. The van der Waals surface area contributed by atoms with Gasteiger partial charge in [-0.1, -0.05) is 6.07 Å². The number of aromatic nitrogens is 2. The van der Waals surface area contributed by atoms with Gasteiger partial charge in [0.25, 0.3) is 5.91 Å². The number of aryl methyl sites for hydroxylation is 2. The zero-order valence-corrected chi connectivity index (χ0v) is 15.2. The van der Waals surface area contributed by atoms with E-state index in [9.17, 15) is 4.79 Å². The van der Waals surface area contributed by atoms with Gasteiger partial charge < -0.3 is 14.4 Å². The largest absolute Gasteiger partial charge is 0.454 e. The van der Waals surface area contributed by atoms with Gasteiger partial charge in [0.1, 0.15) is 4.83 Å². The van der Waals surface area contributed by atoms with Crippen LogP contribution < -0.4 is 9.47 Å². The van der Waals surface area contributed by atoms with Crippen molar-refractivity contribution in [3.05, 3.63) is 40.4 Å². The highest BCUT2D eigenvalue weighted by Gasteiger charge is 2.21. The van der Waals surface area contributed by atoms with E-state index in [0.717, 1.165) is 37.9 Å². The second-order valence-corrected chi connectivity index (χ2v) is 7.08. The Morgan fingerprint density at radius 1 is 1.32 bits per heavy atom. The summed E-state index contributed by atoms with van der Waals surface area (Å²) < 4.78 is 12.6. The maximum atomic E-state index is 13.0. The van der Waals surface area contributed by atoms with E-state index in [0.29, 0.717) is 13.1 Å². The van der Waals surface area contributed by atoms with E-state index in [1.54, 1.807) is 0 Å². The van der Waals surface area contributed by atoms with Gasteiger partial charge in [-0.2, -0.15) is 5.10 Å². The number of hydrogen-bond donors (Lipinski definition) is 0. The number of benzene rings is 1. The average molecular weight is 357 g/mol. The van der Waals surface area contributed by atoms with Gasteiger partial charge in [0.05, 0.1) is 10.6 Å². The minimum absolute atomic E-state index is 0.0424. The quantitative estimate of drug-likeness (QED) is 0.719. The van der Waals surface area contributed by atoms with Crippen molar-refractivity contribution >= 4 is 27.5 Å². The molecule has 25 heavy (non-hydrogen) atoms. The molecule has 0 saturated heterocycles. The van der Waals surface area contributed by atoms with Crippen molar-refractivity contribution in [3.63, 3.8) is 0 Å². The second-order valence-electron chi connectivity index (χ2n) is 6.05. The predicted octanol–water partition coefficient (Wildman–Crippen LogP) is 3.33. The molecular weight excluding hydrogens is 338 g/mol. The predicted molar refractivity (Wildman–Crippen MR) is 96.3 cm³/mol. The molecule has 0 bridgehead atoms. The molecule has 0 unspecified atom stereocenters. The Balaban J connectivity index is 1.59. The Bertz CT molecular complexity index is 926. The highest BCUT2D eigenvalue weighted by Crippen LogP contribution is 2.33. The fourth-order valence-corrected chi connectivity index (χ4v) is 4.14. The lowest BCUT2D eigenvalue weighted by Gasteiger charge is -2.20. The molecule has 0 radical (unpaired) electrons. The summed E-state index contributed by atoms with van der Waals surface area (Å²) in [7, 11) is 1.91. The van der Waals surface area contributed by atoms with Gasteiger partial charge in [-0.3, -0.25) is 9.48 Å². The molecule has 2 aromatic heterocycles. The molecule has 0 fully saturated rings. The second kappa shape index (κ2) is 6.07. The molecule has 1 amide bonds. The van der Waals surface area contributed by atoms with Crippen molar-refractivity contribution in [2.24, 2.45) is 7.05 Å². The van der Waals surface area contributed by atoms with Gasteiger partial charge in [-0.15, -0.1) is 11.3 Å². The molecule has 7 heteroatoms. The molecule has 0 atom stereocenters. The van der Waals surface area contributed by atoms with Crippen LogP contribution in [0.15, 0.2) is 24.3 Å². The van der Waals surface area contributed by atoms with Gasteiger partial charge in [0.2, 0.25) is 6.79 Å². The van der Waals surface area contributed by atoms with E-state index in [-0.39, 0.29) is 12.7 Å². The lowest BCUT2D eigenvalue weighted by molar-refractivity contribution is 0.0757. The van der Waals surface area contributed by atoms with Gasteiger partial charge in [-0.25, -0.2) is 0 Å². The molecule has 0 spiro atoms.